The zero-order chi connectivity index (χ0) is 22.8. The van der Waals surface area contributed by atoms with E-state index in [4.69, 9.17) is 4.74 Å². The maximum absolute atomic E-state index is 10.3. The number of hydrogen-bond acceptors (Lipinski definition) is 3. The number of aliphatic hydroxyl groups excluding tert-OH is 1. The lowest BCUT2D eigenvalue weighted by Gasteiger charge is -2.60. The van der Waals surface area contributed by atoms with E-state index in [1.54, 1.807) is 5.57 Å². The van der Waals surface area contributed by atoms with E-state index >= 15 is 0 Å². The van der Waals surface area contributed by atoms with E-state index in [0.717, 1.165) is 48.9 Å². The van der Waals surface area contributed by atoms with Gasteiger partial charge in [-0.2, -0.15) is 0 Å². The zero-order valence-electron chi connectivity index (χ0n) is 21.7. The molecule has 1 heterocycles. The first-order valence-electron chi connectivity index (χ1n) is 13.8. The molecule has 1 aliphatic heterocycles. The molecule has 0 bridgehead atoms. The molecule has 32 heavy (non-hydrogen) atoms. The fourth-order valence-corrected chi connectivity index (χ4v) is 9.91. The molecular weight excluding hydrogens is 394 g/mol. The molecule has 0 spiro atoms. The van der Waals surface area contributed by atoms with E-state index in [0.29, 0.717) is 22.9 Å². The van der Waals surface area contributed by atoms with Gasteiger partial charge in [-0.05, 0) is 125 Å². The monoisotopic (exact) mass is 443 g/mol. The van der Waals surface area contributed by atoms with Crippen LogP contribution in [0.25, 0.3) is 0 Å². The van der Waals surface area contributed by atoms with Crippen LogP contribution in [0.15, 0.2) is 11.3 Å². The highest BCUT2D eigenvalue weighted by Crippen LogP contribution is 2.69. The van der Waals surface area contributed by atoms with Gasteiger partial charge in [0.15, 0.2) is 0 Å². The Balaban J connectivity index is 1.31. The van der Waals surface area contributed by atoms with Gasteiger partial charge in [0, 0.05) is 18.9 Å². The Morgan fingerprint density at radius 3 is 2.53 bits per heavy atom. The van der Waals surface area contributed by atoms with E-state index in [1.165, 1.54) is 57.2 Å². The molecule has 3 heteroatoms. The summed E-state index contributed by atoms with van der Waals surface area (Å²) in [6.07, 6.45) is 13.0. The zero-order valence-corrected chi connectivity index (χ0v) is 21.7. The topological polar surface area (TPSA) is 32.7 Å². The van der Waals surface area contributed by atoms with Crippen molar-refractivity contribution in [2.24, 2.45) is 46.3 Å². The Morgan fingerprint density at radius 2 is 1.78 bits per heavy atom. The third-order valence-electron chi connectivity index (χ3n) is 11.4. The Bertz CT molecular complexity index is 745. The first-order valence-corrected chi connectivity index (χ1v) is 13.8. The summed E-state index contributed by atoms with van der Waals surface area (Å²) in [5, 5.41) is 10.3. The molecule has 0 aromatic carbocycles. The molecule has 0 aromatic rings. The smallest absolute Gasteiger partial charge is 0.106 e. The summed E-state index contributed by atoms with van der Waals surface area (Å²) >= 11 is 0. The van der Waals surface area contributed by atoms with Crippen LogP contribution in [0, 0.1) is 46.3 Å². The molecule has 3 nitrogen and oxygen atoms in total. The summed E-state index contributed by atoms with van der Waals surface area (Å²) in [6, 6.07) is 0. The predicted molar refractivity (Wildman–Crippen MR) is 131 cm³/mol. The van der Waals surface area contributed by atoms with Crippen LogP contribution < -0.4 is 0 Å². The van der Waals surface area contributed by atoms with Crippen molar-refractivity contribution in [2.75, 3.05) is 20.6 Å². The van der Waals surface area contributed by atoms with Crippen molar-refractivity contribution in [3.05, 3.63) is 11.3 Å². The molecule has 0 amide bonds. The van der Waals surface area contributed by atoms with Gasteiger partial charge in [0.25, 0.3) is 0 Å². The molecule has 182 valence electrons. The second kappa shape index (κ2) is 8.29. The van der Waals surface area contributed by atoms with E-state index < -0.39 is 0 Å². The second-order valence-corrected chi connectivity index (χ2v) is 13.5. The average molecular weight is 444 g/mol. The third kappa shape index (κ3) is 3.60. The molecule has 4 aliphatic carbocycles. The molecule has 0 radical (unpaired) electrons. The summed E-state index contributed by atoms with van der Waals surface area (Å²) in [7, 11) is 4.36. The van der Waals surface area contributed by atoms with Crippen LogP contribution in [0.4, 0.5) is 0 Å². The van der Waals surface area contributed by atoms with Crippen LogP contribution in [0.5, 0.6) is 0 Å². The maximum Gasteiger partial charge on any atom is 0.106 e. The van der Waals surface area contributed by atoms with Gasteiger partial charge in [-0.3, -0.25) is 0 Å². The first-order chi connectivity index (χ1) is 15.1. The van der Waals surface area contributed by atoms with Crippen LogP contribution in [-0.4, -0.2) is 42.9 Å². The summed E-state index contributed by atoms with van der Waals surface area (Å²) in [6.45, 7) is 11.2. The van der Waals surface area contributed by atoms with E-state index in [9.17, 15) is 5.11 Å². The van der Waals surface area contributed by atoms with Crippen LogP contribution in [0.1, 0.15) is 91.9 Å². The van der Waals surface area contributed by atoms with Gasteiger partial charge < -0.3 is 14.7 Å². The minimum atomic E-state index is -0.0376. The van der Waals surface area contributed by atoms with Crippen LogP contribution >= 0.6 is 0 Å². The quantitative estimate of drug-likeness (QED) is 0.544. The number of allylic oxidation sites excluding steroid dienone is 1. The number of ether oxygens (including phenoxy) is 1. The summed E-state index contributed by atoms with van der Waals surface area (Å²) in [5.41, 5.74) is 2.52. The lowest BCUT2D eigenvalue weighted by molar-refractivity contribution is -0.124. The molecule has 4 saturated carbocycles. The minimum absolute atomic E-state index is 0.0376. The molecule has 10 atom stereocenters. The molecule has 0 saturated heterocycles. The summed E-state index contributed by atoms with van der Waals surface area (Å²) in [4.78, 5) is 2.31. The molecule has 0 unspecified atom stereocenters. The van der Waals surface area contributed by atoms with Crippen molar-refractivity contribution in [1.82, 2.24) is 4.90 Å². The minimum Gasteiger partial charge on any atom is -0.494 e. The number of hydrogen-bond donors (Lipinski definition) is 1. The Hall–Kier alpha value is -0.540. The molecule has 4 fully saturated rings. The third-order valence-corrected chi connectivity index (χ3v) is 11.4. The van der Waals surface area contributed by atoms with Gasteiger partial charge in [0.1, 0.15) is 6.10 Å². The fraction of sp³-hybridized carbons (Fsp3) is 0.931. The largest absolute Gasteiger partial charge is 0.494 e. The first kappa shape index (κ1) is 23.2. The van der Waals surface area contributed by atoms with Gasteiger partial charge in [-0.25, -0.2) is 0 Å². The number of fused-ring (bicyclic) bond motifs is 7. The van der Waals surface area contributed by atoms with Crippen LogP contribution in [0.3, 0.4) is 0 Å². The Labute approximate surface area is 197 Å². The van der Waals surface area contributed by atoms with Crippen molar-refractivity contribution >= 4 is 0 Å². The molecule has 1 N–H and O–H groups in total. The molecule has 5 aliphatic rings. The number of rotatable bonds is 5. The number of aliphatic hydroxyl groups is 1. The summed E-state index contributed by atoms with van der Waals surface area (Å²) in [5.74, 6) is 6.09. The normalized spacial score (nSPS) is 48.7. The average Bonchev–Trinajstić information content (AvgIpc) is 3.20. The van der Waals surface area contributed by atoms with Crippen molar-refractivity contribution < 1.29 is 9.84 Å². The van der Waals surface area contributed by atoms with Crippen molar-refractivity contribution in [3.63, 3.8) is 0 Å². The van der Waals surface area contributed by atoms with E-state index in [2.05, 4.69) is 46.7 Å². The van der Waals surface area contributed by atoms with Gasteiger partial charge in [0.05, 0.1) is 11.9 Å². The number of nitrogens with zero attached hydrogens (tertiary/aromatic N) is 1. The standard InChI is InChI=1S/C29H49NO2/c1-18(17-30(5)6)7-10-25-19(2)27-26(32-25)16-24-22-9-8-20-15-21(31)11-13-28(20,3)23(22)12-14-29(24,27)4/h18,20-24,26-27,31H,7-17H2,1-6H3/t18-,20-,21-,22+,23-,24-,26-,27-,28-,29-/m0/s1. The highest BCUT2D eigenvalue weighted by molar-refractivity contribution is 5.26. The van der Waals surface area contributed by atoms with E-state index in [1.807, 2.05) is 0 Å². The van der Waals surface area contributed by atoms with Crippen molar-refractivity contribution in [2.45, 2.75) is 104 Å². The van der Waals surface area contributed by atoms with E-state index in [-0.39, 0.29) is 6.10 Å². The van der Waals surface area contributed by atoms with Gasteiger partial charge in [0.2, 0.25) is 0 Å². The van der Waals surface area contributed by atoms with Crippen LogP contribution in [-0.2, 0) is 4.74 Å². The SMILES string of the molecule is CC1=C(CC[C@H](C)CN(C)C)O[C@H]2C[C@H]3[C@@H]4CC[C@H]5C[C@@H](O)CC[C@]5(C)[C@H]4CC[C@]3(C)[C@@H]12. The highest BCUT2D eigenvalue weighted by Gasteiger charge is 2.64. The highest BCUT2D eigenvalue weighted by atomic mass is 16.5. The van der Waals surface area contributed by atoms with Gasteiger partial charge >= 0.3 is 0 Å². The molecule has 0 aromatic heterocycles. The predicted octanol–water partition coefficient (Wildman–Crippen LogP) is 6.27. The maximum atomic E-state index is 10.3. The van der Waals surface area contributed by atoms with Gasteiger partial charge in [-0.1, -0.05) is 20.8 Å². The lowest BCUT2D eigenvalue weighted by Crippen LogP contribution is -2.54. The lowest BCUT2D eigenvalue weighted by atomic mass is 9.44. The van der Waals surface area contributed by atoms with Crippen LogP contribution in [0.2, 0.25) is 0 Å². The Morgan fingerprint density at radius 1 is 1.03 bits per heavy atom. The molecule has 5 rings (SSSR count). The Kier molecular flexibility index (Phi) is 6.02. The van der Waals surface area contributed by atoms with Crippen molar-refractivity contribution in [3.8, 4) is 0 Å². The van der Waals surface area contributed by atoms with Crippen molar-refractivity contribution in [1.29, 1.82) is 0 Å². The second-order valence-electron chi connectivity index (χ2n) is 13.5. The fourth-order valence-electron chi connectivity index (χ4n) is 9.91. The molecular formula is C29H49NO2. The van der Waals surface area contributed by atoms with Gasteiger partial charge in [-0.15, -0.1) is 0 Å². The summed E-state index contributed by atoms with van der Waals surface area (Å²) < 4.78 is 6.77.